The van der Waals surface area contributed by atoms with Crippen molar-refractivity contribution in [3.8, 4) is 0 Å². The van der Waals surface area contributed by atoms with Crippen LogP contribution in [0.3, 0.4) is 0 Å². The van der Waals surface area contributed by atoms with Crippen LogP contribution < -0.4 is 0 Å². The Morgan fingerprint density at radius 2 is 0.485 bits per heavy atom. The highest BCUT2D eigenvalue weighted by atomic mass is 28.5. The van der Waals surface area contributed by atoms with Gasteiger partial charge in [-0.3, -0.25) is 0 Å². The first kappa shape index (κ1) is 34.4. The minimum atomic E-state index is -3.69. The topological polar surface area (TPSA) is 105 Å². The van der Waals surface area contributed by atoms with Crippen molar-refractivity contribution < 1.29 is 38.4 Å². The van der Waals surface area contributed by atoms with Gasteiger partial charge >= 0.3 is 60.2 Å². The molecule has 0 aliphatic carbocycles. The predicted octanol–water partition coefficient (Wildman–Crippen LogP) is 4.70. The van der Waals surface area contributed by atoms with Crippen molar-refractivity contribution in [2.75, 3.05) is 0 Å². The molecule has 0 radical (unpaired) electrons. The molecule has 0 saturated heterocycles. The zero-order valence-electron chi connectivity index (χ0n) is 23.8. The van der Waals surface area contributed by atoms with E-state index in [9.17, 15) is 9.59 Å². The van der Waals surface area contributed by atoms with Crippen molar-refractivity contribution in [3.05, 3.63) is 0 Å². The molecule has 9 nitrogen and oxygen atoms in total. The molecule has 200 valence electrons. The fourth-order valence-electron chi connectivity index (χ4n) is 4.29. The van der Waals surface area contributed by atoms with Gasteiger partial charge in [0, 0.05) is 6.55 Å². The zero-order chi connectivity index (χ0) is 26.9. The molecule has 0 rings (SSSR count). The van der Waals surface area contributed by atoms with Crippen LogP contribution in [0.2, 0.25) is 105 Å². The molecule has 0 aliphatic heterocycles. The summed E-state index contributed by atoms with van der Waals surface area (Å²) in [6.07, 6.45) is 0. The van der Waals surface area contributed by atoms with Crippen LogP contribution in [0.5, 0.6) is 0 Å². The Kier molecular flexibility index (Phi) is 11.5. The summed E-state index contributed by atoms with van der Waals surface area (Å²) in [7, 11) is -21.0. The molecule has 0 unspecified atom stereocenters. The lowest BCUT2D eigenvalue weighted by atomic mass is 11.8. The quantitative estimate of drug-likeness (QED) is 0.271. The fourth-order valence-corrected chi connectivity index (χ4v) is 40.8. The van der Waals surface area contributed by atoms with Gasteiger partial charge in [0.05, 0.1) is 0 Å². The third kappa shape index (κ3) is 17.5. The maximum Gasteiger partial charge on any atom is 0.483 e. The van der Waals surface area contributed by atoms with E-state index in [1.54, 1.807) is 13.1 Å². The molecule has 0 atom stereocenters. The average molecular weight is 611 g/mol. The van der Waals surface area contributed by atoms with Crippen LogP contribution in [-0.2, 0) is 28.8 Å². The van der Waals surface area contributed by atoms with Gasteiger partial charge in [0.2, 0.25) is 0 Å². The smallest absolute Gasteiger partial charge is 0.437 e. The molecular formula is C16H50O9Si8. The van der Waals surface area contributed by atoms with Crippen LogP contribution in [0, 0.1) is 0 Å². The minimum Gasteiger partial charge on any atom is -0.437 e. The molecule has 17 heteroatoms. The molecule has 0 aromatic heterocycles. The van der Waals surface area contributed by atoms with E-state index < -0.39 is 68.5 Å². The maximum atomic E-state index is 9.75. The summed E-state index contributed by atoms with van der Waals surface area (Å²) in [5.41, 5.74) is 0. The Hall–Kier alpha value is 1.38. The predicted molar refractivity (Wildman–Crippen MR) is 152 cm³/mol. The second-order valence-corrected chi connectivity index (χ2v) is 40.8. The van der Waals surface area contributed by atoms with Gasteiger partial charge in [-0.2, -0.15) is 0 Å². The molecule has 33 heavy (non-hydrogen) atoms. The van der Waals surface area contributed by atoms with Crippen molar-refractivity contribution in [1.29, 1.82) is 0 Å². The lowest BCUT2D eigenvalue weighted by Gasteiger charge is -2.43. The van der Waals surface area contributed by atoms with E-state index in [1.165, 1.54) is 6.55 Å². The summed E-state index contributed by atoms with van der Waals surface area (Å²) in [6.45, 7) is 31.5. The van der Waals surface area contributed by atoms with Crippen LogP contribution in [0.15, 0.2) is 0 Å². The minimum absolute atomic E-state index is 1.31. The number of rotatable bonds is 14. The molecule has 0 saturated carbocycles. The van der Waals surface area contributed by atoms with E-state index in [-0.39, 0.29) is 0 Å². The molecule has 0 bridgehead atoms. The van der Waals surface area contributed by atoms with Crippen LogP contribution in [-0.4, -0.2) is 78.1 Å². The summed E-state index contributed by atoms with van der Waals surface area (Å²) in [6, 6.07) is 0. The standard InChI is InChI=1S/C16H50O9Si8/c1-26(2,3)19-27(4,5)20-28(6,7)21-29(8,9)22-30(10,11)23-31(12,13)24-32(14,15)25-33(16,17)18/h17-18H,1-16H3. The summed E-state index contributed by atoms with van der Waals surface area (Å²) in [5.74, 6) is 0. The molecule has 2 N–H and O–H groups in total. The van der Waals surface area contributed by atoms with Crippen molar-refractivity contribution >= 4 is 68.5 Å². The van der Waals surface area contributed by atoms with E-state index >= 15 is 0 Å². The van der Waals surface area contributed by atoms with E-state index in [2.05, 4.69) is 32.7 Å². The zero-order valence-corrected chi connectivity index (χ0v) is 31.8. The summed E-state index contributed by atoms with van der Waals surface area (Å²) in [5, 5.41) is 0. The highest BCUT2D eigenvalue weighted by molar-refractivity contribution is 6.91. The third-order valence-corrected chi connectivity index (χ3v) is 31.0. The van der Waals surface area contributed by atoms with Gasteiger partial charge in [0.15, 0.2) is 8.32 Å². The molecule has 0 aromatic rings. The lowest BCUT2D eigenvalue weighted by Crippen LogP contribution is -2.61. The van der Waals surface area contributed by atoms with Gasteiger partial charge in [-0.1, -0.05) is 0 Å². The highest BCUT2D eigenvalue weighted by Gasteiger charge is 2.49. The van der Waals surface area contributed by atoms with Crippen LogP contribution >= 0.6 is 0 Å². The van der Waals surface area contributed by atoms with Crippen molar-refractivity contribution in [3.63, 3.8) is 0 Å². The van der Waals surface area contributed by atoms with E-state index in [4.69, 9.17) is 28.8 Å². The molecule has 0 amide bonds. The van der Waals surface area contributed by atoms with Gasteiger partial charge in [0.25, 0.3) is 0 Å². The lowest BCUT2D eigenvalue weighted by molar-refractivity contribution is 0.212. The Morgan fingerprint density at radius 3 is 0.667 bits per heavy atom. The van der Waals surface area contributed by atoms with Gasteiger partial charge in [-0.25, -0.2) is 0 Å². The molecule has 0 aliphatic rings. The first-order valence-electron chi connectivity index (χ1n) is 11.3. The second kappa shape index (κ2) is 11.0. The maximum absolute atomic E-state index is 9.75. The van der Waals surface area contributed by atoms with Crippen LogP contribution in [0.25, 0.3) is 0 Å². The molecule has 0 fully saturated rings. The SMILES string of the molecule is C[Si](C)(C)O[Si](C)(C)O[Si](C)(C)O[Si](C)(C)O[Si](C)(C)O[Si](C)(C)O[Si](C)(C)O[Si](C)(O)O. The van der Waals surface area contributed by atoms with Gasteiger partial charge in [-0.15, -0.1) is 0 Å². The Morgan fingerprint density at radius 1 is 0.303 bits per heavy atom. The number of hydrogen-bond donors (Lipinski definition) is 2. The Balaban J connectivity index is 5.27. The molecule has 0 spiro atoms. The van der Waals surface area contributed by atoms with E-state index in [0.29, 0.717) is 0 Å². The van der Waals surface area contributed by atoms with Crippen LogP contribution in [0.1, 0.15) is 0 Å². The second-order valence-electron chi connectivity index (χ2n) is 12.2. The normalized spacial score (nSPS) is 15.8. The van der Waals surface area contributed by atoms with Gasteiger partial charge in [0.1, 0.15) is 0 Å². The summed E-state index contributed by atoms with van der Waals surface area (Å²) < 4.78 is 44.1. The van der Waals surface area contributed by atoms with Gasteiger partial charge in [-0.05, 0) is 98.2 Å². The first-order valence-corrected chi connectivity index (χ1v) is 33.9. The Labute approximate surface area is 211 Å². The molecular weight excluding hydrogens is 561 g/mol. The molecule has 0 aromatic carbocycles. The van der Waals surface area contributed by atoms with Crippen molar-refractivity contribution in [2.45, 2.75) is 105 Å². The van der Waals surface area contributed by atoms with Crippen molar-refractivity contribution in [1.82, 2.24) is 0 Å². The summed E-state index contributed by atoms with van der Waals surface area (Å²) in [4.78, 5) is 19.5. The highest BCUT2D eigenvalue weighted by Crippen LogP contribution is 2.28. The van der Waals surface area contributed by atoms with E-state index in [1.807, 2.05) is 52.4 Å². The Bertz CT molecular complexity index is 589. The largest absolute Gasteiger partial charge is 0.483 e. The average Bonchev–Trinajstić information content (AvgIpc) is 2.20. The van der Waals surface area contributed by atoms with Crippen molar-refractivity contribution in [2.24, 2.45) is 0 Å². The van der Waals surface area contributed by atoms with Crippen LogP contribution in [0.4, 0.5) is 0 Å². The first-order chi connectivity index (χ1) is 13.9. The fraction of sp³-hybridized carbons (Fsp3) is 1.00. The van der Waals surface area contributed by atoms with Gasteiger partial charge < -0.3 is 38.4 Å². The number of hydrogen-bond acceptors (Lipinski definition) is 9. The van der Waals surface area contributed by atoms with E-state index in [0.717, 1.165) is 0 Å². The third-order valence-electron chi connectivity index (χ3n) is 3.45. The monoisotopic (exact) mass is 610 g/mol. The molecule has 0 heterocycles. The summed E-state index contributed by atoms with van der Waals surface area (Å²) >= 11 is 0.